The highest BCUT2D eigenvalue weighted by Crippen LogP contribution is 2.17. The molecule has 130 valence electrons. The van der Waals surface area contributed by atoms with Gasteiger partial charge in [0.15, 0.2) is 5.69 Å². The normalized spacial score (nSPS) is 11.2. The fourth-order valence-electron chi connectivity index (χ4n) is 2.70. The number of nitrogens with zero attached hydrogens (tertiary/aromatic N) is 2. The van der Waals surface area contributed by atoms with E-state index in [0.29, 0.717) is 29.6 Å². The van der Waals surface area contributed by atoms with Crippen LogP contribution in [-0.4, -0.2) is 15.7 Å². The Balaban J connectivity index is 1.99. The van der Waals surface area contributed by atoms with Gasteiger partial charge in [-0.2, -0.15) is 5.10 Å². The lowest BCUT2D eigenvalue weighted by Crippen LogP contribution is -2.31. The van der Waals surface area contributed by atoms with Gasteiger partial charge >= 0.3 is 0 Å². The van der Waals surface area contributed by atoms with E-state index in [0.717, 1.165) is 10.4 Å². The zero-order valence-electron chi connectivity index (χ0n) is 14.6. The maximum absolute atomic E-state index is 12.7. The molecule has 1 aromatic carbocycles. The number of amides is 1. The molecule has 0 aliphatic rings. The molecule has 0 saturated carbocycles. The number of carbonyl (C=O) groups excluding carboxylic acids is 1. The van der Waals surface area contributed by atoms with Gasteiger partial charge in [-0.25, -0.2) is 4.68 Å². The van der Waals surface area contributed by atoms with Gasteiger partial charge in [-0.05, 0) is 35.9 Å². The van der Waals surface area contributed by atoms with Crippen LogP contribution in [0.25, 0.3) is 10.8 Å². The molecule has 0 spiro atoms. The number of fused-ring (bicyclic) bond motifs is 1. The van der Waals surface area contributed by atoms with Crippen molar-refractivity contribution in [3.63, 3.8) is 0 Å². The standard InChI is InChI=1S/C19H21N3O2S/c1-12(2)11-22-19(24)15-7-5-4-6-14(15)17(21-22)18(23)20-10-16-13(3)8-9-25-16/h4-9,12H,10-11H2,1-3H3,(H,20,23). The van der Waals surface area contributed by atoms with Crippen molar-refractivity contribution in [1.82, 2.24) is 15.1 Å². The van der Waals surface area contributed by atoms with Crippen molar-refractivity contribution < 1.29 is 4.79 Å². The number of aromatic nitrogens is 2. The number of rotatable bonds is 5. The van der Waals surface area contributed by atoms with E-state index in [1.54, 1.807) is 29.5 Å². The first-order valence-electron chi connectivity index (χ1n) is 8.28. The Labute approximate surface area is 150 Å². The maximum atomic E-state index is 12.7. The fourth-order valence-corrected chi connectivity index (χ4v) is 3.55. The smallest absolute Gasteiger partial charge is 0.274 e. The van der Waals surface area contributed by atoms with Crippen molar-refractivity contribution in [2.45, 2.75) is 33.9 Å². The summed E-state index contributed by atoms with van der Waals surface area (Å²) in [6.45, 7) is 7.00. The Bertz CT molecular complexity index is 972. The van der Waals surface area contributed by atoms with Crippen LogP contribution in [0.4, 0.5) is 0 Å². The molecule has 5 nitrogen and oxygen atoms in total. The van der Waals surface area contributed by atoms with Crippen LogP contribution in [0.3, 0.4) is 0 Å². The first-order valence-corrected chi connectivity index (χ1v) is 9.16. The molecule has 0 aliphatic carbocycles. The molecule has 2 heterocycles. The Morgan fingerprint density at radius 1 is 1.24 bits per heavy atom. The Kier molecular flexibility index (Phi) is 4.99. The number of thiophene rings is 1. The second kappa shape index (κ2) is 7.19. The van der Waals surface area contributed by atoms with Gasteiger partial charge in [-0.1, -0.05) is 32.0 Å². The molecule has 2 aromatic heterocycles. The highest BCUT2D eigenvalue weighted by atomic mass is 32.1. The average Bonchev–Trinajstić information content (AvgIpc) is 3.00. The van der Waals surface area contributed by atoms with E-state index in [9.17, 15) is 9.59 Å². The van der Waals surface area contributed by atoms with Gasteiger partial charge in [0.25, 0.3) is 11.5 Å². The molecule has 0 saturated heterocycles. The van der Waals surface area contributed by atoms with Gasteiger partial charge in [-0.3, -0.25) is 9.59 Å². The zero-order chi connectivity index (χ0) is 18.0. The van der Waals surface area contributed by atoms with Gasteiger partial charge in [0.05, 0.1) is 11.9 Å². The second-order valence-corrected chi connectivity index (χ2v) is 7.49. The maximum Gasteiger partial charge on any atom is 0.274 e. The highest BCUT2D eigenvalue weighted by molar-refractivity contribution is 7.10. The summed E-state index contributed by atoms with van der Waals surface area (Å²) in [5, 5.41) is 10.4. The van der Waals surface area contributed by atoms with Crippen molar-refractivity contribution >= 4 is 28.0 Å². The molecule has 0 unspecified atom stereocenters. The van der Waals surface area contributed by atoms with E-state index in [4.69, 9.17) is 0 Å². The predicted octanol–water partition coefficient (Wildman–Crippen LogP) is 3.35. The largest absolute Gasteiger partial charge is 0.346 e. The molecule has 0 fully saturated rings. The van der Waals surface area contributed by atoms with E-state index in [2.05, 4.69) is 10.4 Å². The minimum absolute atomic E-state index is 0.157. The van der Waals surface area contributed by atoms with Gasteiger partial charge in [0, 0.05) is 16.8 Å². The van der Waals surface area contributed by atoms with Gasteiger partial charge < -0.3 is 5.32 Å². The third-order valence-corrected chi connectivity index (χ3v) is 5.02. The van der Waals surface area contributed by atoms with Crippen molar-refractivity contribution in [2.75, 3.05) is 0 Å². The molecular weight excluding hydrogens is 334 g/mol. The van der Waals surface area contributed by atoms with Crippen molar-refractivity contribution in [3.05, 3.63) is 62.2 Å². The SMILES string of the molecule is Cc1ccsc1CNC(=O)c1nn(CC(C)C)c(=O)c2ccccc12. The summed E-state index contributed by atoms with van der Waals surface area (Å²) in [5.74, 6) is -0.00227. The Morgan fingerprint density at radius 2 is 1.96 bits per heavy atom. The van der Waals surface area contributed by atoms with Crippen molar-refractivity contribution in [2.24, 2.45) is 5.92 Å². The van der Waals surface area contributed by atoms with Crippen LogP contribution < -0.4 is 10.9 Å². The van der Waals surface area contributed by atoms with Gasteiger partial charge in [0.2, 0.25) is 0 Å². The molecule has 1 N–H and O–H groups in total. The third-order valence-electron chi connectivity index (χ3n) is 4.00. The van der Waals surface area contributed by atoms with E-state index in [1.807, 2.05) is 38.3 Å². The van der Waals surface area contributed by atoms with Gasteiger partial charge in [-0.15, -0.1) is 11.3 Å². The molecule has 0 bridgehead atoms. The number of benzene rings is 1. The molecule has 3 aromatic rings. The molecular formula is C19H21N3O2S. The van der Waals surface area contributed by atoms with Crippen LogP contribution in [0.15, 0.2) is 40.5 Å². The Morgan fingerprint density at radius 3 is 2.60 bits per heavy atom. The van der Waals surface area contributed by atoms with E-state index >= 15 is 0 Å². The summed E-state index contributed by atoms with van der Waals surface area (Å²) in [6.07, 6.45) is 0. The summed E-state index contributed by atoms with van der Waals surface area (Å²) in [4.78, 5) is 26.4. The lowest BCUT2D eigenvalue weighted by Gasteiger charge is -2.12. The molecule has 6 heteroatoms. The monoisotopic (exact) mass is 355 g/mol. The molecule has 25 heavy (non-hydrogen) atoms. The first kappa shape index (κ1) is 17.4. The summed E-state index contributed by atoms with van der Waals surface area (Å²) in [7, 11) is 0. The summed E-state index contributed by atoms with van der Waals surface area (Å²) in [5.41, 5.74) is 1.30. The number of hydrogen-bond acceptors (Lipinski definition) is 4. The quantitative estimate of drug-likeness (QED) is 0.763. The Hall–Kier alpha value is -2.47. The molecule has 1 amide bonds. The number of carbonyl (C=O) groups is 1. The fraction of sp³-hybridized carbons (Fsp3) is 0.316. The molecule has 0 aliphatic heterocycles. The third kappa shape index (κ3) is 3.64. The van der Waals surface area contributed by atoms with Crippen LogP contribution in [0, 0.1) is 12.8 Å². The van der Waals surface area contributed by atoms with Crippen LogP contribution in [-0.2, 0) is 13.1 Å². The first-order chi connectivity index (χ1) is 12.0. The second-order valence-electron chi connectivity index (χ2n) is 6.48. The van der Waals surface area contributed by atoms with Gasteiger partial charge in [0.1, 0.15) is 0 Å². The van der Waals surface area contributed by atoms with Crippen LogP contribution >= 0.6 is 11.3 Å². The van der Waals surface area contributed by atoms with E-state index in [1.165, 1.54) is 4.68 Å². The highest BCUT2D eigenvalue weighted by Gasteiger charge is 2.17. The minimum Gasteiger partial charge on any atom is -0.346 e. The minimum atomic E-state index is -0.262. The molecule has 0 atom stereocenters. The number of nitrogens with one attached hydrogen (secondary N) is 1. The van der Waals surface area contributed by atoms with Crippen LogP contribution in [0.2, 0.25) is 0 Å². The topological polar surface area (TPSA) is 64.0 Å². The molecule has 0 radical (unpaired) electrons. The lowest BCUT2D eigenvalue weighted by atomic mass is 10.1. The predicted molar refractivity (Wildman–Crippen MR) is 101 cm³/mol. The summed E-state index contributed by atoms with van der Waals surface area (Å²) >= 11 is 1.61. The van der Waals surface area contributed by atoms with E-state index < -0.39 is 0 Å². The van der Waals surface area contributed by atoms with Crippen molar-refractivity contribution in [3.8, 4) is 0 Å². The number of aryl methyl sites for hydroxylation is 1. The molecule has 3 rings (SSSR count). The zero-order valence-corrected chi connectivity index (χ0v) is 15.4. The summed E-state index contributed by atoms with van der Waals surface area (Å²) < 4.78 is 1.40. The van der Waals surface area contributed by atoms with Crippen LogP contribution in [0.5, 0.6) is 0 Å². The van der Waals surface area contributed by atoms with E-state index in [-0.39, 0.29) is 17.4 Å². The number of hydrogen-bond donors (Lipinski definition) is 1. The summed E-state index contributed by atoms with van der Waals surface area (Å²) in [6, 6.07) is 9.17. The average molecular weight is 355 g/mol. The van der Waals surface area contributed by atoms with Crippen molar-refractivity contribution in [1.29, 1.82) is 0 Å². The van der Waals surface area contributed by atoms with Crippen LogP contribution in [0.1, 0.15) is 34.8 Å². The lowest BCUT2D eigenvalue weighted by molar-refractivity contribution is 0.0945.